The zero-order chi connectivity index (χ0) is 39.3. The maximum atomic E-state index is 6.84. The van der Waals surface area contributed by atoms with Crippen LogP contribution in [0, 0.1) is 0 Å². The zero-order valence-corrected chi connectivity index (χ0v) is 32.9. The molecule has 0 aliphatic heterocycles. The van der Waals surface area contributed by atoms with Crippen molar-refractivity contribution in [2.24, 2.45) is 0 Å². The van der Waals surface area contributed by atoms with Crippen LogP contribution >= 0.6 is 11.3 Å². The first-order chi connectivity index (χ1) is 29.7. The number of hydrogen-bond donors (Lipinski definition) is 0. The third kappa shape index (κ3) is 5.19. The van der Waals surface area contributed by atoms with Crippen LogP contribution in [0.2, 0.25) is 0 Å². The second kappa shape index (κ2) is 12.9. The summed E-state index contributed by atoms with van der Waals surface area (Å²) in [5.74, 6) is 1.82. The lowest BCUT2D eigenvalue weighted by Gasteiger charge is -2.14. The quantitative estimate of drug-likeness (QED) is 0.167. The Bertz CT molecular complexity index is 3920. The molecule has 0 fully saturated rings. The van der Waals surface area contributed by atoms with E-state index in [1.54, 1.807) is 0 Å². The molecule has 5 heteroatoms. The van der Waals surface area contributed by atoms with Gasteiger partial charge in [-0.3, -0.25) is 0 Å². The number of fused-ring (bicyclic) bond motifs is 11. The lowest BCUT2D eigenvalue weighted by atomic mass is 9.96. The molecule has 0 atom stereocenters. The molecule has 0 amide bonds. The minimum atomic E-state index is 0.589. The first-order valence-electron chi connectivity index (χ1n) is 20.2. The van der Waals surface area contributed by atoms with Crippen molar-refractivity contribution in [3.8, 4) is 45.3 Å². The first kappa shape index (κ1) is 33.3. The maximum Gasteiger partial charge on any atom is 0.164 e. The lowest BCUT2D eigenvalue weighted by Crippen LogP contribution is -2.01. The number of aromatic nitrogens is 3. The average molecular weight is 782 g/mol. The summed E-state index contributed by atoms with van der Waals surface area (Å²) in [4.78, 5) is 16.2. The first-order valence-corrected chi connectivity index (χ1v) is 21.0. The molecule has 10 aromatic carbocycles. The highest BCUT2D eigenvalue weighted by atomic mass is 32.1. The number of rotatable bonds is 4. The Kier molecular flexibility index (Phi) is 7.14. The summed E-state index contributed by atoms with van der Waals surface area (Å²) in [6.45, 7) is 0. The van der Waals surface area contributed by atoms with Gasteiger partial charge in [0.25, 0.3) is 0 Å². The fraction of sp³-hybridized carbons (Fsp3) is 0. The largest absolute Gasteiger partial charge is 0.456 e. The van der Waals surface area contributed by atoms with Gasteiger partial charge in [0.05, 0.1) is 0 Å². The summed E-state index contributed by atoms with van der Waals surface area (Å²) >= 11 is 1.82. The predicted molar refractivity (Wildman–Crippen MR) is 252 cm³/mol. The van der Waals surface area contributed by atoms with Gasteiger partial charge in [-0.2, -0.15) is 0 Å². The summed E-state index contributed by atoms with van der Waals surface area (Å²) in [7, 11) is 0. The number of benzene rings is 10. The van der Waals surface area contributed by atoms with Gasteiger partial charge in [0.15, 0.2) is 17.5 Å². The lowest BCUT2D eigenvalue weighted by molar-refractivity contribution is 0.669. The third-order valence-electron chi connectivity index (χ3n) is 12.0. The molecule has 13 aromatic rings. The van der Waals surface area contributed by atoms with Crippen molar-refractivity contribution in [2.75, 3.05) is 0 Å². The van der Waals surface area contributed by atoms with Crippen LogP contribution in [0.15, 0.2) is 192 Å². The second-order valence-electron chi connectivity index (χ2n) is 15.6. The molecule has 60 heavy (non-hydrogen) atoms. The molecular weight excluding hydrogens is 751 g/mol. The highest BCUT2D eigenvalue weighted by Crippen LogP contribution is 2.43. The Balaban J connectivity index is 1.12. The summed E-state index contributed by atoms with van der Waals surface area (Å²) in [5, 5.41) is 13.7. The summed E-state index contributed by atoms with van der Waals surface area (Å²) in [6, 6.07) is 66.9. The Morgan fingerprint density at radius 2 is 0.933 bits per heavy atom. The number of thiophene rings is 1. The second-order valence-corrected chi connectivity index (χ2v) is 16.6. The van der Waals surface area contributed by atoms with Crippen LogP contribution in [-0.4, -0.2) is 15.0 Å². The molecular formula is C55H31N3OS. The highest BCUT2D eigenvalue weighted by molar-refractivity contribution is 7.25. The minimum absolute atomic E-state index is 0.589. The van der Waals surface area contributed by atoms with Crippen LogP contribution in [0.4, 0.5) is 0 Å². The Hall–Kier alpha value is -7.73. The van der Waals surface area contributed by atoms with E-state index in [2.05, 4.69) is 188 Å². The fourth-order valence-corrected chi connectivity index (χ4v) is 10.3. The average Bonchev–Trinajstić information content (AvgIpc) is 3.87. The molecule has 0 unspecified atom stereocenters. The van der Waals surface area contributed by atoms with E-state index in [1.807, 2.05) is 11.3 Å². The topological polar surface area (TPSA) is 51.8 Å². The van der Waals surface area contributed by atoms with Crippen molar-refractivity contribution < 1.29 is 4.42 Å². The van der Waals surface area contributed by atoms with E-state index in [-0.39, 0.29) is 0 Å². The van der Waals surface area contributed by atoms with Crippen LogP contribution in [0.5, 0.6) is 0 Å². The van der Waals surface area contributed by atoms with E-state index in [4.69, 9.17) is 19.4 Å². The van der Waals surface area contributed by atoms with Gasteiger partial charge in [-0.15, -0.1) is 11.3 Å². The van der Waals surface area contributed by atoms with Gasteiger partial charge in [0, 0.05) is 47.6 Å². The molecule has 0 spiro atoms. The molecule has 0 aliphatic rings. The van der Waals surface area contributed by atoms with Gasteiger partial charge in [-0.25, -0.2) is 15.0 Å². The SMILES string of the molecule is c1ccc2cc(-c3nc(-c4cc5ccccc5c5ccccc45)nc(-c4cc(-c5ccc6c(c5)sc5ccccc56)cc5oc6cc7ccccc7cc6c45)n3)ccc2c1. The van der Waals surface area contributed by atoms with Gasteiger partial charge < -0.3 is 4.42 Å². The van der Waals surface area contributed by atoms with Crippen molar-refractivity contribution in [1.29, 1.82) is 0 Å². The highest BCUT2D eigenvalue weighted by Gasteiger charge is 2.22. The molecule has 0 bridgehead atoms. The van der Waals surface area contributed by atoms with E-state index in [9.17, 15) is 0 Å². The molecule has 0 saturated carbocycles. The normalized spacial score (nSPS) is 12.0. The van der Waals surface area contributed by atoms with E-state index in [0.29, 0.717) is 17.5 Å². The van der Waals surface area contributed by atoms with Gasteiger partial charge in [0.1, 0.15) is 11.2 Å². The number of furan rings is 1. The molecule has 0 saturated heterocycles. The molecule has 4 nitrogen and oxygen atoms in total. The van der Waals surface area contributed by atoms with Gasteiger partial charge in [0.2, 0.25) is 0 Å². The van der Waals surface area contributed by atoms with Gasteiger partial charge >= 0.3 is 0 Å². The van der Waals surface area contributed by atoms with E-state index in [1.165, 1.54) is 30.9 Å². The molecule has 3 heterocycles. The monoisotopic (exact) mass is 781 g/mol. The standard InChI is InChI=1S/C55H31N3OS/c1-2-12-33-25-38(22-21-32(33)11-1)53-56-54(45-27-37-15-5-6-16-40(37)41-17-7-8-18-42(41)45)58-55(57-53)47-28-39(36-23-24-44-43-19-9-10-20-50(43)60-51(44)31-36)30-49-52(47)46-26-34-13-3-4-14-35(34)29-48(46)59-49/h1-31H. The van der Waals surface area contributed by atoms with Crippen LogP contribution in [0.3, 0.4) is 0 Å². The van der Waals surface area contributed by atoms with Crippen molar-refractivity contribution in [3.63, 3.8) is 0 Å². The summed E-state index contributed by atoms with van der Waals surface area (Å²) in [6.07, 6.45) is 0. The van der Waals surface area contributed by atoms with E-state index in [0.717, 1.165) is 82.1 Å². The van der Waals surface area contributed by atoms with Crippen molar-refractivity contribution in [3.05, 3.63) is 188 Å². The smallest absolute Gasteiger partial charge is 0.164 e. The van der Waals surface area contributed by atoms with Gasteiger partial charge in [-0.05, 0) is 103 Å². The van der Waals surface area contributed by atoms with Crippen LogP contribution in [0.1, 0.15) is 0 Å². The zero-order valence-electron chi connectivity index (χ0n) is 32.1. The summed E-state index contributed by atoms with van der Waals surface area (Å²) < 4.78 is 9.36. The van der Waals surface area contributed by atoms with E-state index < -0.39 is 0 Å². The van der Waals surface area contributed by atoms with Crippen molar-refractivity contribution in [2.45, 2.75) is 0 Å². The molecule has 0 N–H and O–H groups in total. The minimum Gasteiger partial charge on any atom is -0.456 e. The summed E-state index contributed by atoms with van der Waals surface area (Å²) in [5.41, 5.74) is 6.53. The van der Waals surface area contributed by atoms with Crippen LogP contribution in [-0.2, 0) is 0 Å². The third-order valence-corrected chi connectivity index (χ3v) is 13.2. The molecule has 0 radical (unpaired) electrons. The van der Waals surface area contributed by atoms with Crippen molar-refractivity contribution in [1.82, 2.24) is 15.0 Å². The molecule has 13 rings (SSSR count). The maximum absolute atomic E-state index is 6.84. The Labute approximate surface area is 347 Å². The van der Waals surface area contributed by atoms with Gasteiger partial charge in [-0.1, -0.05) is 140 Å². The molecule has 3 aromatic heterocycles. The van der Waals surface area contributed by atoms with Crippen molar-refractivity contribution >= 4 is 96.5 Å². The van der Waals surface area contributed by atoms with Crippen LogP contribution < -0.4 is 0 Å². The Morgan fingerprint density at radius 3 is 1.77 bits per heavy atom. The molecule has 0 aliphatic carbocycles. The predicted octanol–water partition coefficient (Wildman–Crippen LogP) is 15.4. The molecule has 278 valence electrons. The van der Waals surface area contributed by atoms with E-state index >= 15 is 0 Å². The number of nitrogens with zero attached hydrogens (tertiary/aromatic N) is 3. The number of hydrogen-bond acceptors (Lipinski definition) is 5. The fourth-order valence-electron chi connectivity index (χ4n) is 9.15. The van der Waals surface area contributed by atoms with Crippen LogP contribution in [0.25, 0.3) is 130 Å². The Morgan fingerprint density at radius 1 is 0.317 bits per heavy atom.